The molecule has 0 saturated heterocycles. The van der Waals surface area contributed by atoms with Crippen LogP contribution in [0.25, 0.3) is 16.3 Å². The van der Waals surface area contributed by atoms with E-state index in [0.29, 0.717) is 28.4 Å². The quantitative estimate of drug-likeness (QED) is 0.381. The topological polar surface area (TPSA) is 96.0 Å². The van der Waals surface area contributed by atoms with Crippen molar-refractivity contribution in [1.82, 2.24) is 4.57 Å². The van der Waals surface area contributed by atoms with Crippen LogP contribution in [0.3, 0.4) is 0 Å². The largest absolute Gasteiger partial charge is 0.454 e. The molecular weight excluding hydrogens is 382 g/mol. The molecule has 142 valence electrons. The number of nitro benzene ring substituents is 1. The molecule has 0 N–H and O–H groups in total. The van der Waals surface area contributed by atoms with Crippen molar-refractivity contribution in [3.8, 4) is 11.5 Å². The molecule has 1 aliphatic rings. The van der Waals surface area contributed by atoms with E-state index in [2.05, 4.69) is 4.99 Å². The lowest BCUT2D eigenvalue weighted by atomic mass is 10.2. The minimum atomic E-state index is -0.467. The van der Waals surface area contributed by atoms with Gasteiger partial charge in [-0.3, -0.25) is 14.9 Å². The molecule has 3 aromatic rings. The van der Waals surface area contributed by atoms with Crippen LogP contribution in [0.15, 0.2) is 47.5 Å². The summed E-state index contributed by atoms with van der Waals surface area (Å²) in [6.07, 6.45) is 2.92. The molecule has 0 saturated carbocycles. The highest BCUT2D eigenvalue weighted by molar-refractivity contribution is 7.16. The van der Waals surface area contributed by atoms with Crippen molar-refractivity contribution >= 4 is 39.2 Å². The number of aromatic nitrogens is 1. The fourth-order valence-corrected chi connectivity index (χ4v) is 3.97. The van der Waals surface area contributed by atoms with E-state index >= 15 is 0 Å². The van der Waals surface area contributed by atoms with Crippen LogP contribution < -0.4 is 14.3 Å². The number of nitro groups is 1. The number of benzene rings is 2. The van der Waals surface area contributed by atoms with Gasteiger partial charge in [0.1, 0.15) is 0 Å². The molecule has 28 heavy (non-hydrogen) atoms. The summed E-state index contributed by atoms with van der Waals surface area (Å²) in [5, 5.41) is 10.7. The number of ether oxygens (including phenoxy) is 2. The number of non-ortho nitro benzene ring substituents is 1. The Hall–Kier alpha value is -3.46. The Morgan fingerprint density at radius 1 is 1.29 bits per heavy atom. The van der Waals surface area contributed by atoms with Crippen molar-refractivity contribution in [2.45, 2.75) is 13.5 Å². The van der Waals surface area contributed by atoms with E-state index in [0.717, 1.165) is 10.2 Å². The van der Waals surface area contributed by atoms with Crippen LogP contribution in [-0.4, -0.2) is 22.2 Å². The molecule has 1 aromatic heterocycles. The number of carbonyl (C=O) groups is 1. The molecular formula is C19H15N3O5S. The SMILES string of the molecule is CCn1c(=NC(=O)/C=C\c2ccc([N+](=O)[O-])cc2)sc2cc3c(cc21)OCO3. The van der Waals surface area contributed by atoms with Crippen molar-refractivity contribution in [2.75, 3.05) is 6.79 Å². The second-order valence-electron chi connectivity index (χ2n) is 5.93. The van der Waals surface area contributed by atoms with Crippen LogP contribution in [0.1, 0.15) is 12.5 Å². The van der Waals surface area contributed by atoms with E-state index in [1.165, 1.54) is 29.5 Å². The average Bonchev–Trinajstić information content (AvgIpc) is 3.27. The summed E-state index contributed by atoms with van der Waals surface area (Å²) in [6.45, 7) is 2.84. The Morgan fingerprint density at radius 2 is 2.00 bits per heavy atom. The number of nitrogens with zero attached hydrogens (tertiary/aromatic N) is 3. The molecule has 0 aliphatic carbocycles. The van der Waals surface area contributed by atoms with Gasteiger partial charge in [0, 0.05) is 36.9 Å². The lowest BCUT2D eigenvalue weighted by Gasteiger charge is -2.01. The summed E-state index contributed by atoms with van der Waals surface area (Å²) in [4.78, 5) is 27.3. The minimum Gasteiger partial charge on any atom is -0.454 e. The maximum atomic E-state index is 12.3. The van der Waals surface area contributed by atoms with Gasteiger partial charge in [0.05, 0.1) is 15.1 Å². The van der Waals surface area contributed by atoms with Gasteiger partial charge >= 0.3 is 0 Å². The number of rotatable bonds is 4. The Kier molecular flexibility index (Phi) is 4.66. The maximum absolute atomic E-state index is 12.3. The van der Waals surface area contributed by atoms with E-state index in [4.69, 9.17) is 9.47 Å². The van der Waals surface area contributed by atoms with Gasteiger partial charge in [-0.2, -0.15) is 4.99 Å². The molecule has 0 radical (unpaired) electrons. The maximum Gasteiger partial charge on any atom is 0.272 e. The highest BCUT2D eigenvalue weighted by Crippen LogP contribution is 2.36. The third-order valence-electron chi connectivity index (χ3n) is 4.22. The smallest absolute Gasteiger partial charge is 0.272 e. The van der Waals surface area contributed by atoms with E-state index in [1.807, 2.05) is 23.6 Å². The van der Waals surface area contributed by atoms with Crippen LogP contribution in [-0.2, 0) is 11.3 Å². The van der Waals surface area contributed by atoms with Gasteiger partial charge in [-0.15, -0.1) is 0 Å². The van der Waals surface area contributed by atoms with Crippen molar-refractivity contribution in [3.63, 3.8) is 0 Å². The molecule has 0 unspecified atom stereocenters. The second-order valence-corrected chi connectivity index (χ2v) is 6.94. The molecule has 1 amide bonds. The number of thiazole rings is 1. The summed E-state index contributed by atoms with van der Waals surface area (Å²) in [6, 6.07) is 9.73. The highest BCUT2D eigenvalue weighted by atomic mass is 32.1. The third kappa shape index (κ3) is 3.39. The predicted octanol–water partition coefficient (Wildman–Crippen LogP) is 3.50. The fourth-order valence-electron chi connectivity index (χ4n) is 2.86. The lowest BCUT2D eigenvalue weighted by Crippen LogP contribution is -2.15. The van der Waals surface area contributed by atoms with Crippen molar-refractivity contribution < 1.29 is 19.2 Å². The summed E-state index contributed by atoms with van der Waals surface area (Å²) >= 11 is 1.40. The van der Waals surface area contributed by atoms with Gasteiger partial charge in [-0.25, -0.2) is 0 Å². The molecule has 0 bridgehead atoms. The molecule has 2 heterocycles. The number of amides is 1. The zero-order valence-electron chi connectivity index (χ0n) is 14.8. The fraction of sp³-hybridized carbons (Fsp3) is 0.158. The first-order chi connectivity index (χ1) is 13.5. The highest BCUT2D eigenvalue weighted by Gasteiger charge is 2.17. The summed E-state index contributed by atoms with van der Waals surface area (Å²) in [5.74, 6) is 0.962. The molecule has 0 atom stereocenters. The van der Waals surface area contributed by atoms with Gasteiger partial charge in [-0.05, 0) is 30.7 Å². The van der Waals surface area contributed by atoms with E-state index in [-0.39, 0.29) is 12.5 Å². The zero-order chi connectivity index (χ0) is 19.7. The Balaban J connectivity index is 1.63. The zero-order valence-corrected chi connectivity index (χ0v) is 15.6. The number of hydrogen-bond acceptors (Lipinski definition) is 6. The molecule has 8 nitrogen and oxygen atoms in total. The minimum absolute atomic E-state index is 0.00211. The normalized spacial score (nSPS) is 13.5. The number of fused-ring (bicyclic) bond motifs is 2. The van der Waals surface area contributed by atoms with E-state index in [1.54, 1.807) is 18.2 Å². The van der Waals surface area contributed by atoms with Gasteiger partial charge in [0.25, 0.3) is 11.6 Å². The van der Waals surface area contributed by atoms with Crippen molar-refractivity contribution in [2.24, 2.45) is 4.99 Å². The third-order valence-corrected chi connectivity index (χ3v) is 5.26. The van der Waals surface area contributed by atoms with Gasteiger partial charge in [-0.1, -0.05) is 11.3 Å². The van der Waals surface area contributed by atoms with Crippen LogP contribution >= 0.6 is 11.3 Å². The number of aryl methyl sites for hydroxylation is 1. The van der Waals surface area contributed by atoms with Crippen molar-refractivity contribution in [3.05, 3.63) is 63.0 Å². The molecule has 0 fully saturated rings. The van der Waals surface area contributed by atoms with Crippen LogP contribution in [0.4, 0.5) is 5.69 Å². The van der Waals surface area contributed by atoms with Crippen LogP contribution in [0.5, 0.6) is 11.5 Å². The lowest BCUT2D eigenvalue weighted by molar-refractivity contribution is -0.384. The first-order valence-electron chi connectivity index (χ1n) is 8.49. The molecule has 4 rings (SSSR count). The predicted molar refractivity (Wildman–Crippen MR) is 104 cm³/mol. The van der Waals surface area contributed by atoms with Crippen molar-refractivity contribution in [1.29, 1.82) is 0 Å². The average molecular weight is 397 g/mol. The second kappa shape index (κ2) is 7.28. The molecule has 2 aromatic carbocycles. The number of carbonyl (C=O) groups excluding carboxylic acids is 1. The first kappa shape index (κ1) is 17.9. The Labute approximate surface area is 163 Å². The summed E-state index contributed by atoms with van der Waals surface area (Å²) < 4.78 is 13.7. The van der Waals surface area contributed by atoms with Crippen LogP contribution in [0, 0.1) is 10.1 Å². The van der Waals surface area contributed by atoms with E-state index < -0.39 is 10.8 Å². The summed E-state index contributed by atoms with van der Waals surface area (Å²) in [5.41, 5.74) is 1.62. The van der Waals surface area contributed by atoms with Gasteiger partial charge < -0.3 is 14.0 Å². The molecule has 9 heteroatoms. The van der Waals surface area contributed by atoms with Crippen LogP contribution in [0.2, 0.25) is 0 Å². The van der Waals surface area contributed by atoms with E-state index in [9.17, 15) is 14.9 Å². The number of hydrogen-bond donors (Lipinski definition) is 0. The Morgan fingerprint density at radius 3 is 2.68 bits per heavy atom. The van der Waals surface area contributed by atoms with Gasteiger partial charge in [0.2, 0.25) is 6.79 Å². The molecule has 1 aliphatic heterocycles. The molecule has 0 spiro atoms. The van der Waals surface area contributed by atoms with Gasteiger partial charge in [0.15, 0.2) is 16.3 Å². The first-order valence-corrected chi connectivity index (χ1v) is 9.31. The standard InChI is InChI=1S/C19H15N3O5S/c1-2-21-14-9-15-16(27-11-26-15)10-17(14)28-19(21)20-18(23)8-5-12-3-6-13(7-4-12)22(24)25/h3-10H,2,11H2,1H3/b8-5-,20-19?. The summed E-state index contributed by atoms with van der Waals surface area (Å²) in [7, 11) is 0. The Bertz CT molecular complexity index is 1170. The monoisotopic (exact) mass is 397 g/mol.